The second-order valence-corrected chi connectivity index (χ2v) is 4.58. The van der Waals surface area contributed by atoms with Crippen LogP contribution < -0.4 is 5.43 Å². The van der Waals surface area contributed by atoms with Crippen LogP contribution in [-0.2, 0) is 17.5 Å². The molecular weight excluding hydrogens is 329 g/mol. The van der Waals surface area contributed by atoms with Gasteiger partial charge in [-0.25, -0.2) is 10.2 Å². The number of carboxylic acids is 1. The van der Waals surface area contributed by atoms with E-state index in [-0.39, 0.29) is 11.1 Å². The van der Waals surface area contributed by atoms with E-state index in [1.165, 1.54) is 18.2 Å². The number of benzene rings is 1. The van der Waals surface area contributed by atoms with Gasteiger partial charge in [-0.2, -0.15) is 23.4 Å². The summed E-state index contributed by atoms with van der Waals surface area (Å²) < 4.78 is 38.0. The SMILES string of the molecule is O=C(Cn1ccc(C(F)(F)F)n1)N/N=C\c1ccccc1C(=O)O. The van der Waals surface area contributed by atoms with Gasteiger partial charge < -0.3 is 5.11 Å². The van der Waals surface area contributed by atoms with Crippen molar-refractivity contribution < 1.29 is 27.9 Å². The molecule has 126 valence electrons. The van der Waals surface area contributed by atoms with Crippen molar-refractivity contribution in [3.8, 4) is 0 Å². The summed E-state index contributed by atoms with van der Waals surface area (Å²) in [6.45, 7) is -0.464. The maximum atomic E-state index is 12.4. The van der Waals surface area contributed by atoms with Gasteiger partial charge in [-0.15, -0.1) is 0 Å². The number of amides is 1. The highest BCUT2D eigenvalue weighted by Gasteiger charge is 2.33. The molecule has 2 rings (SSSR count). The summed E-state index contributed by atoms with van der Waals surface area (Å²) in [5, 5.41) is 15.8. The van der Waals surface area contributed by atoms with Crippen LogP contribution in [0.2, 0.25) is 0 Å². The summed E-state index contributed by atoms with van der Waals surface area (Å²) in [4.78, 5) is 22.6. The number of rotatable bonds is 5. The zero-order valence-corrected chi connectivity index (χ0v) is 12.0. The first kappa shape index (κ1) is 17.2. The first-order chi connectivity index (χ1) is 11.3. The van der Waals surface area contributed by atoms with Crippen LogP contribution in [0.5, 0.6) is 0 Å². The molecule has 7 nitrogen and oxygen atoms in total. The zero-order valence-electron chi connectivity index (χ0n) is 12.0. The van der Waals surface area contributed by atoms with Gasteiger partial charge in [0.15, 0.2) is 5.69 Å². The zero-order chi connectivity index (χ0) is 17.7. The fraction of sp³-hybridized carbons (Fsp3) is 0.143. The number of nitrogens with one attached hydrogen (secondary N) is 1. The lowest BCUT2D eigenvalue weighted by Crippen LogP contribution is -2.24. The van der Waals surface area contributed by atoms with Gasteiger partial charge in [0.05, 0.1) is 11.8 Å². The molecule has 1 aromatic heterocycles. The molecule has 0 radical (unpaired) electrons. The van der Waals surface area contributed by atoms with Gasteiger partial charge in [0.1, 0.15) is 6.54 Å². The summed E-state index contributed by atoms with van der Waals surface area (Å²) in [5.41, 5.74) is 1.25. The van der Waals surface area contributed by atoms with Crippen molar-refractivity contribution >= 4 is 18.1 Å². The van der Waals surface area contributed by atoms with Crippen molar-refractivity contribution in [1.29, 1.82) is 0 Å². The summed E-state index contributed by atoms with van der Waals surface area (Å²) >= 11 is 0. The van der Waals surface area contributed by atoms with E-state index in [0.29, 0.717) is 0 Å². The second kappa shape index (κ2) is 6.94. The van der Waals surface area contributed by atoms with E-state index in [9.17, 15) is 22.8 Å². The number of hydrogen-bond acceptors (Lipinski definition) is 4. The molecule has 0 aliphatic rings. The van der Waals surface area contributed by atoms with E-state index in [4.69, 9.17) is 5.11 Å². The summed E-state index contributed by atoms with van der Waals surface area (Å²) in [6, 6.07) is 6.74. The van der Waals surface area contributed by atoms with Crippen molar-refractivity contribution in [3.05, 3.63) is 53.3 Å². The number of nitrogens with zero attached hydrogens (tertiary/aromatic N) is 3. The number of hydrazone groups is 1. The molecule has 0 atom stereocenters. The average Bonchev–Trinajstić information content (AvgIpc) is 2.96. The highest BCUT2D eigenvalue weighted by Crippen LogP contribution is 2.27. The van der Waals surface area contributed by atoms with Crippen LogP contribution in [0.3, 0.4) is 0 Å². The van der Waals surface area contributed by atoms with E-state index in [0.717, 1.165) is 23.2 Å². The van der Waals surface area contributed by atoms with Crippen LogP contribution in [-0.4, -0.2) is 33.0 Å². The Bertz CT molecular complexity index is 784. The maximum absolute atomic E-state index is 12.4. The molecule has 24 heavy (non-hydrogen) atoms. The van der Waals surface area contributed by atoms with Crippen molar-refractivity contribution in [2.24, 2.45) is 5.10 Å². The molecule has 1 aromatic carbocycles. The highest BCUT2D eigenvalue weighted by molar-refractivity contribution is 5.98. The Morgan fingerprint density at radius 3 is 2.62 bits per heavy atom. The molecule has 0 aliphatic heterocycles. The molecule has 0 spiro atoms. The quantitative estimate of drug-likeness (QED) is 0.640. The fourth-order valence-electron chi connectivity index (χ4n) is 1.76. The third-order valence-corrected chi connectivity index (χ3v) is 2.82. The fourth-order valence-corrected chi connectivity index (χ4v) is 1.76. The van der Waals surface area contributed by atoms with Crippen molar-refractivity contribution in [3.63, 3.8) is 0 Å². The minimum Gasteiger partial charge on any atom is -0.478 e. The third-order valence-electron chi connectivity index (χ3n) is 2.82. The normalized spacial score (nSPS) is 11.6. The maximum Gasteiger partial charge on any atom is 0.435 e. The monoisotopic (exact) mass is 340 g/mol. The molecule has 1 amide bonds. The first-order valence-corrected chi connectivity index (χ1v) is 6.52. The molecule has 0 bridgehead atoms. The van der Waals surface area contributed by atoms with Crippen molar-refractivity contribution in [1.82, 2.24) is 15.2 Å². The van der Waals surface area contributed by atoms with Gasteiger partial charge in [0.25, 0.3) is 5.91 Å². The van der Waals surface area contributed by atoms with Gasteiger partial charge in [0.2, 0.25) is 0 Å². The van der Waals surface area contributed by atoms with Crippen LogP contribution in [0.25, 0.3) is 0 Å². The predicted octanol–water partition coefficient (Wildman–Crippen LogP) is 1.75. The number of halogens is 3. The molecule has 0 saturated heterocycles. The molecule has 2 N–H and O–H groups in total. The molecule has 1 heterocycles. The average molecular weight is 340 g/mol. The number of aromatic nitrogens is 2. The van der Waals surface area contributed by atoms with E-state index in [1.807, 2.05) is 0 Å². The Kier molecular flexibility index (Phi) is 4.97. The number of alkyl halides is 3. The molecular formula is C14H11F3N4O3. The molecule has 0 aliphatic carbocycles. The van der Waals surface area contributed by atoms with E-state index in [2.05, 4.69) is 15.6 Å². The second-order valence-electron chi connectivity index (χ2n) is 4.58. The minimum absolute atomic E-state index is 0.00241. The minimum atomic E-state index is -4.58. The Morgan fingerprint density at radius 2 is 2.00 bits per heavy atom. The van der Waals surface area contributed by atoms with Gasteiger partial charge in [-0.05, 0) is 12.1 Å². The molecule has 0 fully saturated rings. The lowest BCUT2D eigenvalue weighted by Gasteiger charge is -2.03. The standard InChI is InChI=1S/C14H11F3N4O3/c15-14(16,17)11-5-6-21(20-11)8-12(22)19-18-7-9-3-1-2-4-10(9)13(23)24/h1-7H,8H2,(H,19,22)(H,23,24)/b18-7-. The number of carbonyl (C=O) groups excluding carboxylic acids is 1. The largest absolute Gasteiger partial charge is 0.478 e. The van der Waals surface area contributed by atoms with E-state index >= 15 is 0 Å². The third kappa shape index (κ3) is 4.41. The Balaban J connectivity index is 1.96. The Hall–Kier alpha value is -3.17. The first-order valence-electron chi connectivity index (χ1n) is 6.52. The summed E-state index contributed by atoms with van der Waals surface area (Å²) in [6.07, 6.45) is -2.43. The smallest absolute Gasteiger partial charge is 0.435 e. The molecule has 10 heteroatoms. The lowest BCUT2D eigenvalue weighted by molar-refractivity contribution is -0.141. The predicted molar refractivity (Wildman–Crippen MR) is 76.4 cm³/mol. The van der Waals surface area contributed by atoms with Crippen LogP contribution in [0.4, 0.5) is 13.2 Å². The van der Waals surface area contributed by atoms with Crippen LogP contribution in [0.1, 0.15) is 21.6 Å². The Morgan fingerprint density at radius 1 is 1.29 bits per heavy atom. The van der Waals surface area contributed by atoms with Crippen LogP contribution in [0.15, 0.2) is 41.6 Å². The van der Waals surface area contributed by atoms with Gasteiger partial charge in [0, 0.05) is 11.8 Å². The highest BCUT2D eigenvalue weighted by atomic mass is 19.4. The number of carboxylic acid groups (broad SMARTS) is 1. The summed E-state index contributed by atoms with van der Waals surface area (Å²) in [7, 11) is 0. The molecule has 0 unspecified atom stereocenters. The number of aromatic carboxylic acids is 1. The summed E-state index contributed by atoms with van der Waals surface area (Å²) in [5.74, 6) is -1.87. The van der Waals surface area contributed by atoms with E-state index in [1.54, 1.807) is 6.07 Å². The van der Waals surface area contributed by atoms with Crippen molar-refractivity contribution in [2.75, 3.05) is 0 Å². The van der Waals surface area contributed by atoms with E-state index < -0.39 is 30.3 Å². The van der Waals surface area contributed by atoms with Gasteiger partial charge in [-0.1, -0.05) is 18.2 Å². The number of carbonyl (C=O) groups is 2. The van der Waals surface area contributed by atoms with Crippen LogP contribution in [0, 0.1) is 0 Å². The van der Waals surface area contributed by atoms with Crippen molar-refractivity contribution in [2.45, 2.75) is 12.7 Å². The Labute approximate surface area is 133 Å². The molecule has 0 saturated carbocycles. The molecule has 2 aromatic rings. The lowest BCUT2D eigenvalue weighted by atomic mass is 10.1. The van der Waals surface area contributed by atoms with Gasteiger partial charge in [-0.3, -0.25) is 9.48 Å². The number of hydrogen-bond donors (Lipinski definition) is 2. The topological polar surface area (TPSA) is 96.6 Å². The van der Waals surface area contributed by atoms with Crippen LogP contribution >= 0.6 is 0 Å². The van der Waals surface area contributed by atoms with Gasteiger partial charge >= 0.3 is 12.1 Å².